The maximum Gasteiger partial charge on any atom is 0.213 e. The van der Waals surface area contributed by atoms with E-state index in [1.54, 1.807) is 0 Å². The van der Waals surface area contributed by atoms with E-state index < -0.39 is 0 Å². The molecule has 2 heterocycles. The number of rotatable bonds is 8. The molecule has 1 aromatic heterocycles. The van der Waals surface area contributed by atoms with Crippen molar-refractivity contribution in [3.63, 3.8) is 0 Å². The lowest BCUT2D eigenvalue weighted by atomic mass is 10.2. The van der Waals surface area contributed by atoms with Crippen LogP contribution in [-0.4, -0.2) is 43.2 Å². The van der Waals surface area contributed by atoms with Crippen molar-refractivity contribution in [2.45, 2.75) is 38.8 Å². The number of hydrogen-bond acceptors (Lipinski definition) is 4. The van der Waals surface area contributed by atoms with E-state index in [2.05, 4.69) is 63.8 Å². The number of guanidine groups is 1. The number of benzene rings is 1. The van der Waals surface area contributed by atoms with Crippen LogP contribution in [-0.2, 0) is 6.54 Å². The zero-order valence-electron chi connectivity index (χ0n) is 17.6. The van der Waals surface area contributed by atoms with Crippen LogP contribution in [0.25, 0.3) is 0 Å². The lowest BCUT2D eigenvalue weighted by Gasteiger charge is -2.20. The van der Waals surface area contributed by atoms with Gasteiger partial charge in [0.15, 0.2) is 5.96 Å². The Labute approximate surface area is 196 Å². The lowest BCUT2D eigenvalue weighted by molar-refractivity contribution is 0.288. The second-order valence-electron chi connectivity index (χ2n) is 7.87. The Morgan fingerprint density at radius 3 is 2.70 bits per heavy atom. The van der Waals surface area contributed by atoms with Crippen molar-refractivity contribution in [3.8, 4) is 5.88 Å². The molecule has 1 aromatic carbocycles. The van der Waals surface area contributed by atoms with Crippen molar-refractivity contribution >= 4 is 35.6 Å². The Bertz CT molecular complexity index is 795. The molecule has 7 heteroatoms. The molecular formula is C23H32IN5O. The first-order valence-electron chi connectivity index (χ1n) is 10.7. The molecule has 1 aliphatic carbocycles. The van der Waals surface area contributed by atoms with Crippen molar-refractivity contribution in [2.24, 2.45) is 10.9 Å². The van der Waals surface area contributed by atoms with E-state index >= 15 is 0 Å². The lowest BCUT2D eigenvalue weighted by Crippen LogP contribution is -2.44. The van der Waals surface area contributed by atoms with Crippen LogP contribution in [0.2, 0.25) is 0 Å². The maximum atomic E-state index is 5.71. The molecule has 1 unspecified atom stereocenters. The zero-order chi connectivity index (χ0) is 19.9. The zero-order valence-corrected chi connectivity index (χ0v) is 19.9. The quantitative estimate of drug-likeness (QED) is 0.314. The number of hydrogen-bond donors (Lipinski definition) is 2. The summed E-state index contributed by atoms with van der Waals surface area (Å²) in [5, 5.41) is 6.95. The van der Waals surface area contributed by atoms with Crippen LogP contribution in [0.1, 0.15) is 31.7 Å². The van der Waals surface area contributed by atoms with Crippen LogP contribution in [0.5, 0.6) is 5.88 Å². The van der Waals surface area contributed by atoms with Crippen LogP contribution in [0, 0.1) is 5.92 Å². The number of ether oxygens (including phenoxy) is 1. The Kier molecular flexibility index (Phi) is 8.60. The summed E-state index contributed by atoms with van der Waals surface area (Å²) >= 11 is 0. The van der Waals surface area contributed by atoms with Gasteiger partial charge in [0, 0.05) is 43.6 Å². The van der Waals surface area contributed by atoms with E-state index in [0.29, 0.717) is 18.5 Å². The van der Waals surface area contributed by atoms with Gasteiger partial charge in [-0.05, 0) is 49.8 Å². The van der Waals surface area contributed by atoms with Crippen molar-refractivity contribution < 1.29 is 4.74 Å². The van der Waals surface area contributed by atoms with Crippen molar-refractivity contribution in [1.82, 2.24) is 15.6 Å². The highest BCUT2D eigenvalue weighted by Crippen LogP contribution is 2.29. The van der Waals surface area contributed by atoms with Crippen LogP contribution < -0.4 is 20.3 Å². The van der Waals surface area contributed by atoms with E-state index in [1.807, 2.05) is 12.3 Å². The topological polar surface area (TPSA) is 61.8 Å². The summed E-state index contributed by atoms with van der Waals surface area (Å²) in [5.41, 5.74) is 2.37. The number of para-hydroxylation sites is 1. The molecule has 1 saturated heterocycles. The van der Waals surface area contributed by atoms with Crippen molar-refractivity contribution in [1.29, 1.82) is 0 Å². The van der Waals surface area contributed by atoms with E-state index in [0.717, 1.165) is 50.1 Å². The van der Waals surface area contributed by atoms with Crippen LogP contribution in [0.15, 0.2) is 53.7 Å². The molecule has 1 aliphatic heterocycles. The maximum absolute atomic E-state index is 5.71. The Morgan fingerprint density at radius 1 is 1.17 bits per heavy atom. The van der Waals surface area contributed by atoms with Gasteiger partial charge in [0.05, 0.1) is 13.2 Å². The standard InChI is InChI=1S/C23H31N5O.HI/c1-2-24-23(27-20-12-13-28(16-20)21-6-4-3-5-7-21)26-15-19-10-11-22(25-14-19)29-17-18-8-9-18;/h3-7,10-11,14,18,20H,2,8-9,12-13,15-17H2,1H3,(H2,24,26,27);1H. The minimum Gasteiger partial charge on any atom is -0.477 e. The molecule has 1 atom stereocenters. The van der Waals surface area contributed by atoms with Gasteiger partial charge in [-0.25, -0.2) is 9.98 Å². The Hall–Kier alpha value is -2.03. The van der Waals surface area contributed by atoms with Crippen LogP contribution in [0.4, 0.5) is 5.69 Å². The molecular weight excluding hydrogens is 489 g/mol. The third-order valence-electron chi connectivity index (χ3n) is 5.38. The van der Waals surface area contributed by atoms with Gasteiger partial charge in [0.25, 0.3) is 0 Å². The molecule has 2 fully saturated rings. The van der Waals surface area contributed by atoms with Crippen LogP contribution in [0.3, 0.4) is 0 Å². The molecule has 2 aromatic rings. The van der Waals surface area contributed by atoms with E-state index in [1.165, 1.54) is 18.5 Å². The van der Waals surface area contributed by atoms with Gasteiger partial charge in [-0.3, -0.25) is 0 Å². The van der Waals surface area contributed by atoms with Gasteiger partial charge in [0.1, 0.15) is 0 Å². The van der Waals surface area contributed by atoms with Gasteiger partial charge in [-0.1, -0.05) is 24.3 Å². The van der Waals surface area contributed by atoms with Crippen molar-refractivity contribution in [3.05, 3.63) is 54.2 Å². The minimum atomic E-state index is 0. The minimum absolute atomic E-state index is 0. The Morgan fingerprint density at radius 2 is 2.00 bits per heavy atom. The fraction of sp³-hybridized carbons (Fsp3) is 0.478. The van der Waals surface area contributed by atoms with Gasteiger partial charge < -0.3 is 20.3 Å². The summed E-state index contributed by atoms with van der Waals surface area (Å²) in [6.07, 6.45) is 5.55. The van der Waals surface area contributed by atoms with Crippen LogP contribution >= 0.6 is 24.0 Å². The molecule has 30 heavy (non-hydrogen) atoms. The highest BCUT2D eigenvalue weighted by Gasteiger charge is 2.23. The fourth-order valence-electron chi connectivity index (χ4n) is 3.51. The summed E-state index contributed by atoms with van der Waals surface area (Å²) in [5.74, 6) is 2.31. The SMILES string of the molecule is CCNC(=NCc1ccc(OCC2CC2)nc1)NC1CCN(c2ccccc2)C1.I. The number of pyridine rings is 1. The molecule has 0 bridgehead atoms. The van der Waals surface area contributed by atoms with Gasteiger partial charge >= 0.3 is 0 Å². The summed E-state index contributed by atoms with van der Waals surface area (Å²) in [6, 6.07) is 15.0. The molecule has 0 radical (unpaired) electrons. The summed E-state index contributed by atoms with van der Waals surface area (Å²) in [6.45, 7) is 6.37. The number of aromatic nitrogens is 1. The predicted molar refractivity (Wildman–Crippen MR) is 133 cm³/mol. The highest BCUT2D eigenvalue weighted by molar-refractivity contribution is 14.0. The first-order chi connectivity index (χ1) is 14.3. The molecule has 0 amide bonds. The first kappa shape index (κ1) is 22.7. The van der Waals surface area contributed by atoms with Gasteiger partial charge in [-0.2, -0.15) is 0 Å². The van der Waals surface area contributed by atoms with Gasteiger partial charge in [0.2, 0.25) is 5.88 Å². The average Bonchev–Trinajstić information content (AvgIpc) is 3.48. The van der Waals surface area contributed by atoms with E-state index in [4.69, 9.17) is 9.73 Å². The molecule has 2 N–H and O–H groups in total. The smallest absolute Gasteiger partial charge is 0.213 e. The normalized spacial score (nSPS) is 18.6. The second kappa shape index (κ2) is 11.4. The van der Waals surface area contributed by atoms with E-state index in [-0.39, 0.29) is 24.0 Å². The average molecular weight is 521 g/mol. The molecule has 4 rings (SSSR count). The number of anilines is 1. The second-order valence-corrected chi connectivity index (χ2v) is 7.87. The molecule has 2 aliphatic rings. The largest absolute Gasteiger partial charge is 0.477 e. The van der Waals surface area contributed by atoms with E-state index in [9.17, 15) is 0 Å². The highest BCUT2D eigenvalue weighted by atomic mass is 127. The number of halogens is 1. The third-order valence-corrected chi connectivity index (χ3v) is 5.38. The monoisotopic (exact) mass is 521 g/mol. The fourth-order valence-corrected chi connectivity index (χ4v) is 3.51. The number of aliphatic imine (C=N–C) groups is 1. The summed E-state index contributed by atoms with van der Waals surface area (Å²) in [4.78, 5) is 11.6. The molecule has 6 nitrogen and oxygen atoms in total. The number of nitrogens with zero attached hydrogens (tertiary/aromatic N) is 3. The summed E-state index contributed by atoms with van der Waals surface area (Å²) < 4.78 is 5.71. The molecule has 1 saturated carbocycles. The summed E-state index contributed by atoms with van der Waals surface area (Å²) in [7, 11) is 0. The Balaban J connectivity index is 0.00000256. The predicted octanol–water partition coefficient (Wildman–Crippen LogP) is 3.82. The molecule has 0 spiro atoms. The third kappa shape index (κ3) is 6.75. The van der Waals surface area contributed by atoms with Crippen molar-refractivity contribution in [2.75, 3.05) is 31.1 Å². The number of nitrogens with one attached hydrogen (secondary N) is 2. The van der Waals surface area contributed by atoms with Gasteiger partial charge in [-0.15, -0.1) is 24.0 Å². The molecule has 162 valence electrons. The first-order valence-corrected chi connectivity index (χ1v) is 10.7.